The SMILES string of the molecule is NC(=O)c1ccc(C(=O)NCCO)cn1. The molecule has 0 fully saturated rings. The Morgan fingerprint density at radius 3 is 2.67 bits per heavy atom. The van der Waals surface area contributed by atoms with Crippen LogP contribution in [-0.4, -0.2) is 35.1 Å². The number of hydrogen-bond acceptors (Lipinski definition) is 4. The highest BCUT2D eigenvalue weighted by molar-refractivity contribution is 5.95. The first-order chi connectivity index (χ1) is 7.15. The van der Waals surface area contributed by atoms with Gasteiger partial charge in [-0.3, -0.25) is 14.6 Å². The van der Waals surface area contributed by atoms with Crippen molar-refractivity contribution in [3.05, 3.63) is 29.6 Å². The number of nitrogens with two attached hydrogens (primary N) is 1. The highest BCUT2D eigenvalue weighted by Gasteiger charge is 2.06. The van der Waals surface area contributed by atoms with Crippen LogP contribution in [-0.2, 0) is 0 Å². The minimum absolute atomic E-state index is 0.105. The second-order valence-corrected chi connectivity index (χ2v) is 2.78. The summed E-state index contributed by atoms with van der Waals surface area (Å²) in [5.41, 5.74) is 5.40. The second-order valence-electron chi connectivity index (χ2n) is 2.78. The lowest BCUT2D eigenvalue weighted by Gasteiger charge is -2.02. The van der Waals surface area contributed by atoms with Crippen molar-refractivity contribution in [2.24, 2.45) is 5.73 Å². The first-order valence-electron chi connectivity index (χ1n) is 4.30. The van der Waals surface area contributed by atoms with Crippen molar-refractivity contribution in [1.29, 1.82) is 0 Å². The van der Waals surface area contributed by atoms with Gasteiger partial charge in [0.2, 0.25) is 0 Å². The largest absolute Gasteiger partial charge is 0.395 e. The van der Waals surface area contributed by atoms with Gasteiger partial charge in [0, 0.05) is 12.7 Å². The minimum atomic E-state index is -0.641. The van der Waals surface area contributed by atoms with Gasteiger partial charge in [0.25, 0.3) is 11.8 Å². The van der Waals surface area contributed by atoms with Crippen LogP contribution in [0.5, 0.6) is 0 Å². The van der Waals surface area contributed by atoms with Crippen LogP contribution in [0, 0.1) is 0 Å². The zero-order valence-corrected chi connectivity index (χ0v) is 7.93. The third-order valence-corrected chi connectivity index (χ3v) is 1.68. The molecule has 1 rings (SSSR count). The van der Waals surface area contributed by atoms with Crippen LogP contribution in [0.25, 0.3) is 0 Å². The van der Waals surface area contributed by atoms with Gasteiger partial charge in [-0.15, -0.1) is 0 Å². The van der Waals surface area contributed by atoms with Gasteiger partial charge in [-0.1, -0.05) is 0 Å². The molecule has 2 amide bonds. The maximum atomic E-state index is 11.3. The van der Waals surface area contributed by atoms with Gasteiger partial charge in [-0.25, -0.2) is 0 Å². The molecule has 1 aromatic rings. The molecular weight excluding hydrogens is 198 g/mol. The summed E-state index contributed by atoms with van der Waals surface area (Å²) in [7, 11) is 0. The number of carbonyl (C=O) groups is 2. The van der Waals surface area contributed by atoms with E-state index in [1.165, 1.54) is 18.3 Å². The lowest BCUT2D eigenvalue weighted by atomic mass is 10.2. The molecule has 0 saturated heterocycles. The molecule has 0 bridgehead atoms. The molecule has 0 atom stereocenters. The first-order valence-corrected chi connectivity index (χ1v) is 4.30. The van der Waals surface area contributed by atoms with E-state index < -0.39 is 5.91 Å². The normalized spacial score (nSPS) is 9.67. The number of primary amides is 1. The molecule has 80 valence electrons. The summed E-state index contributed by atoms with van der Waals surface area (Å²) in [5.74, 6) is -0.995. The lowest BCUT2D eigenvalue weighted by molar-refractivity contribution is 0.0941. The molecule has 4 N–H and O–H groups in total. The molecule has 0 aliphatic carbocycles. The summed E-state index contributed by atoms with van der Waals surface area (Å²) >= 11 is 0. The van der Waals surface area contributed by atoms with E-state index in [4.69, 9.17) is 10.8 Å². The van der Waals surface area contributed by atoms with Gasteiger partial charge in [0.05, 0.1) is 12.2 Å². The number of nitrogens with one attached hydrogen (secondary N) is 1. The monoisotopic (exact) mass is 209 g/mol. The van der Waals surface area contributed by atoms with Gasteiger partial charge in [0.15, 0.2) is 0 Å². The minimum Gasteiger partial charge on any atom is -0.395 e. The lowest BCUT2D eigenvalue weighted by Crippen LogP contribution is -2.26. The quantitative estimate of drug-likeness (QED) is 0.585. The number of aromatic nitrogens is 1. The number of aliphatic hydroxyl groups is 1. The summed E-state index contributed by atoms with van der Waals surface area (Å²) in [6.07, 6.45) is 1.26. The van der Waals surface area contributed by atoms with E-state index in [0.717, 1.165) is 0 Å². The molecule has 6 nitrogen and oxygen atoms in total. The second kappa shape index (κ2) is 5.06. The molecule has 0 aliphatic heterocycles. The summed E-state index contributed by atoms with van der Waals surface area (Å²) in [6.45, 7) is 0.0505. The van der Waals surface area contributed by atoms with Crippen LogP contribution in [0.4, 0.5) is 0 Å². The van der Waals surface area contributed by atoms with Crippen LogP contribution in [0.15, 0.2) is 18.3 Å². The number of aliphatic hydroxyl groups excluding tert-OH is 1. The fourth-order valence-electron chi connectivity index (χ4n) is 0.945. The molecule has 15 heavy (non-hydrogen) atoms. The number of hydrogen-bond donors (Lipinski definition) is 3. The van der Waals surface area contributed by atoms with Gasteiger partial charge in [-0.2, -0.15) is 0 Å². The van der Waals surface area contributed by atoms with Crippen molar-refractivity contribution in [1.82, 2.24) is 10.3 Å². The van der Waals surface area contributed by atoms with E-state index in [9.17, 15) is 9.59 Å². The number of carbonyl (C=O) groups excluding carboxylic acids is 2. The van der Waals surface area contributed by atoms with Crippen LogP contribution in [0.2, 0.25) is 0 Å². The average molecular weight is 209 g/mol. The van der Waals surface area contributed by atoms with E-state index in [1.54, 1.807) is 0 Å². The van der Waals surface area contributed by atoms with Crippen molar-refractivity contribution in [3.63, 3.8) is 0 Å². The van der Waals surface area contributed by atoms with E-state index in [0.29, 0.717) is 5.56 Å². The van der Waals surface area contributed by atoms with Gasteiger partial charge in [-0.05, 0) is 12.1 Å². The molecule has 6 heteroatoms. The topological polar surface area (TPSA) is 105 Å². The van der Waals surface area contributed by atoms with Crippen molar-refractivity contribution < 1.29 is 14.7 Å². The maximum absolute atomic E-state index is 11.3. The van der Waals surface area contributed by atoms with Crippen LogP contribution in [0.1, 0.15) is 20.8 Å². The molecule has 0 spiro atoms. The van der Waals surface area contributed by atoms with Gasteiger partial charge < -0.3 is 16.2 Å². The Kier molecular flexibility index (Phi) is 3.75. The predicted octanol–water partition coefficient (Wildman–Crippen LogP) is -1.10. The Balaban J connectivity index is 2.71. The molecule has 0 saturated carbocycles. The fraction of sp³-hybridized carbons (Fsp3) is 0.222. The first kappa shape index (κ1) is 11.1. The molecule has 0 unspecified atom stereocenters. The summed E-state index contributed by atoms with van der Waals surface area (Å²) in [4.78, 5) is 25.7. The highest BCUT2D eigenvalue weighted by Crippen LogP contribution is 1.99. The molecule has 0 radical (unpaired) electrons. The average Bonchev–Trinajstić information content (AvgIpc) is 2.26. The van der Waals surface area contributed by atoms with E-state index in [-0.39, 0.29) is 24.8 Å². The Hall–Kier alpha value is -1.95. The Bertz CT molecular complexity index is 361. The summed E-state index contributed by atoms with van der Waals surface area (Å²) < 4.78 is 0. The summed E-state index contributed by atoms with van der Waals surface area (Å²) in [5, 5.41) is 10.9. The zero-order valence-electron chi connectivity index (χ0n) is 7.93. The van der Waals surface area contributed by atoms with Gasteiger partial charge in [0.1, 0.15) is 5.69 Å². The standard InChI is InChI=1S/C9H11N3O3/c10-8(14)7-2-1-6(5-12-7)9(15)11-3-4-13/h1-2,5,13H,3-4H2,(H2,10,14)(H,11,15). The maximum Gasteiger partial charge on any atom is 0.267 e. The molecular formula is C9H11N3O3. The Morgan fingerprint density at radius 2 is 2.20 bits per heavy atom. The fourth-order valence-corrected chi connectivity index (χ4v) is 0.945. The van der Waals surface area contributed by atoms with Crippen molar-refractivity contribution in [3.8, 4) is 0 Å². The third-order valence-electron chi connectivity index (χ3n) is 1.68. The molecule has 0 aromatic carbocycles. The summed E-state index contributed by atoms with van der Waals surface area (Å²) in [6, 6.07) is 2.82. The van der Waals surface area contributed by atoms with Crippen molar-refractivity contribution in [2.45, 2.75) is 0 Å². The van der Waals surface area contributed by atoms with E-state index >= 15 is 0 Å². The zero-order chi connectivity index (χ0) is 11.3. The van der Waals surface area contributed by atoms with Gasteiger partial charge >= 0.3 is 0 Å². The van der Waals surface area contributed by atoms with Crippen LogP contribution >= 0.6 is 0 Å². The highest BCUT2D eigenvalue weighted by atomic mass is 16.3. The molecule has 1 heterocycles. The van der Waals surface area contributed by atoms with Crippen LogP contribution < -0.4 is 11.1 Å². The number of pyridine rings is 1. The third kappa shape index (κ3) is 3.03. The smallest absolute Gasteiger partial charge is 0.267 e. The Labute approximate surface area is 86.1 Å². The molecule has 0 aliphatic rings. The number of nitrogens with zero attached hydrogens (tertiary/aromatic N) is 1. The van der Waals surface area contributed by atoms with E-state index in [1.807, 2.05) is 0 Å². The van der Waals surface area contributed by atoms with Crippen molar-refractivity contribution >= 4 is 11.8 Å². The van der Waals surface area contributed by atoms with Crippen LogP contribution in [0.3, 0.4) is 0 Å². The number of amides is 2. The van der Waals surface area contributed by atoms with E-state index in [2.05, 4.69) is 10.3 Å². The number of rotatable bonds is 4. The Morgan fingerprint density at radius 1 is 1.47 bits per heavy atom. The molecule has 1 aromatic heterocycles. The van der Waals surface area contributed by atoms with Crippen molar-refractivity contribution in [2.75, 3.05) is 13.2 Å². The predicted molar refractivity (Wildman–Crippen MR) is 52.2 cm³/mol.